The summed E-state index contributed by atoms with van der Waals surface area (Å²) >= 11 is 0. The molecular formula is C33H41N3O4. The number of carbonyl (C=O) groups excluding carboxylic acids is 1. The second kappa shape index (κ2) is 14.5. The Bertz CT molecular complexity index is 1240. The molecule has 212 valence electrons. The Kier molecular flexibility index (Phi) is 10.6. The van der Waals surface area contributed by atoms with Crippen molar-refractivity contribution in [2.24, 2.45) is 0 Å². The van der Waals surface area contributed by atoms with E-state index in [1.54, 1.807) is 12.1 Å². The maximum atomic E-state index is 13.8. The Morgan fingerprint density at radius 1 is 1.05 bits per heavy atom. The highest BCUT2D eigenvalue weighted by Crippen LogP contribution is 2.37. The molecule has 4 rings (SSSR count). The monoisotopic (exact) mass is 543 g/mol. The maximum Gasteiger partial charge on any atom is 0.254 e. The molecule has 0 bridgehead atoms. The van der Waals surface area contributed by atoms with Gasteiger partial charge in [-0.15, -0.1) is 0 Å². The number of piperazine rings is 1. The van der Waals surface area contributed by atoms with Gasteiger partial charge in [0.2, 0.25) is 5.75 Å². The van der Waals surface area contributed by atoms with Gasteiger partial charge in [0.15, 0.2) is 11.5 Å². The Morgan fingerprint density at radius 2 is 1.70 bits per heavy atom. The average molecular weight is 544 g/mol. The number of methoxy groups -OCH3 is 2. The van der Waals surface area contributed by atoms with Crippen molar-refractivity contribution in [3.05, 3.63) is 95.1 Å². The van der Waals surface area contributed by atoms with E-state index in [9.17, 15) is 9.90 Å². The highest BCUT2D eigenvalue weighted by molar-refractivity contribution is 5.96. The zero-order chi connectivity index (χ0) is 28.3. The van der Waals surface area contributed by atoms with E-state index >= 15 is 0 Å². The highest BCUT2D eigenvalue weighted by atomic mass is 16.5. The van der Waals surface area contributed by atoms with Crippen LogP contribution in [0.3, 0.4) is 0 Å². The number of nitrogens with one attached hydrogen (secondary N) is 1. The molecule has 3 aromatic rings. The van der Waals surface area contributed by atoms with Gasteiger partial charge in [-0.1, -0.05) is 72.3 Å². The molecule has 2 N–H and O–H groups in total. The van der Waals surface area contributed by atoms with Crippen LogP contribution < -0.4 is 14.8 Å². The van der Waals surface area contributed by atoms with Crippen LogP contribution >= 0.6 is 0 Å². The number of amides is 1. The van der Waals surface area contributed by atoms with E-state index in [4.69, 9.17) is 9.47 Å². The van der Waals surface area contributed by atoms with E-state index in [1.807, 2.05) is 23.1 Å². The van der Waals surface area contributed by atoms with Crippen LogP contribution in [0.15, 0.2) is 78.4 Å². The Morgan fingerprint density at radius 3 is 2.35 bits per heavy atom. The van der Waals surface area contributed by atoms with Crippen molar-refractivity contribution in [3.8, 4) is 17.2 Å². The summed E-state index contributed by atoms with van der Waals surface area (Å²) in [6, 6.07) is 24.3. The van der Waals surface area contributed by atoms with Crippen LogP contribution in [0.25, 0.3) is 6.08 Å². The third kappa shape index (κ3) is 8.10. The molecule has 0 aromatic heterocycles. The summed E-state index contributed by atoms with van der Waals surface area (Å²) in [5.74, 6) is 0.186. The highest BCUT2D eigenvalue weighted by Gasteiger charge is 2.23. The molecule has 1 unspecified atom stereocenters. The van der Waals surface area contributed by atoms with E-state index in [2.05, 4.69) is 65.7 Å². The lowest BCUT2D eigenvalue weighted by Crippen LogP contribution is -2.52. The summed E-state index contributed by atoms with van der Waals surface area (Å²) in [6.07, 6.45) is 3.98. The Hall–Kier alpha value is -3.81. The van der Waals surface area contributed by atoms with E-state index in [0.717, 1.165) is 50.2 Å². The van der Waals surface area contributed by atoms with Crippen molar-refractivity contribution in [1.29, 1.82) is 0 Å². The van der Waals surface area contributed by atoms with Gasteiger partial charge in [-0.3, -0.25) is 4.79 Å². The number of phenols is 1. The van der Waals surface area contributed by atoms with Crippen molar-refractivity contribution < 1.29 is 19.4 Å². The lowest BCUT2D eigenvalue weighted by Gasteiger charge is -2.34. The molecule has 0 aliphatic carbocycles. The molecule has 0 radical (unpaired) electrons. The van der Waals surface area contributed by atoms with Gasteiger partial charge in [0.1, 0.15) is 0 Å². The van der Waals surface area contributed by atoms with Crippen molar-refractivity contribution in [3.63, 3.8) is 0 Å². The van der Waals surface area contributed by atoms with Gasteiger partial charge in [-0.05, 0) is 49.6 Å². The van der Waals surface area contributed by atoms with Gasteiger partial charge in [0.25, 0.3) is 5.91 Å². The van der Waals surface area contributed by atoms with Crippen LogP contribution in [0.5, 0.6) is 17.2 Å². The number of benzene rings is 3. The number of ether oxygens (including phenoxy) is 2. The van der Waals surface area contributed by atoms with E-state index in [0.29, 0.717) is 24.7 Å². The number of nitrogens with zero attached hydrogens (tertiary/aromatic N) is 2. The molecule has 1 fully saturated rings. The summed E-state index contributed by atoms with van der Waals surface area (Å²) in [5.41, 5.74) is 3.95. The largest absolute Gasteiger partial charge is 0.502 e. The fraction of sp³-hybridized carbons (Fsp3) is 0.364. The lowest BCUT2D eigenvalue weighted by molar-refractivity contribution is 0.0759. The molecule has 3 aromatic carbocycles. The maximum absolute atomic E-state index is 13.8. The van der Waals surface area contributed by atoms with Gasteiger partial charge >= 0.3 is 0 Å². The number of hydrogen-bond acceptors (Lipinski definition) is 6. The summed E-state index contributed by atoms with van der Waals surface area (Å²) in [5, 5.41) is 14.0. The van der Waals surface area contributed by atoms with Gasteiger partial charge in [-0.25, -0.2) is 0 Å². The van der Waals surface area contributed by atoms with E-state index < -0.39 is 0 Å². The number of hydrogen-bond donors (Lipinski definition) is 2. The number of carbonyl (C=O) groups is 1. The number of rotatable bonds is 12. The Balaban J connectivity index is 1.45. The van der Waals surface area contributed by atoms with Crippen LogP contribution in [-0.4, -0.2) is 80.3 Å². The van der Waals surface area contributed by atoms with E-state index in [1.165, 1.54) is 19.8 Å². The summed E-state index contributed by atoms with van der Waals surface area (Å²) in [4.78, 5) is 18.2. The van der Waals surface area contributed by atoms with Crippen LogP contribution in [0, 0.1) is 0 Å². The zero-order valence-electron chi connectivity index (χ0n) is 23.8. The average Bonchev–Trinajstić information content (AvgIpc) is 2.97. The van der Waals surface area contributed by atoms with Gasteiger partial charge in [0, 0.05) is 44.3 Å². The molecular weight excluding hydrogens is 502 g/mol. The molecule has 1 atom stereocenters. The van der Waals surface area contributed by atoms with Gasteiger partial charge in [0.05, 0.1) is 14.2 Å². The van der Waals surface area contributed by atoms with Crippen LogP contribution in [-0.2, 0) is 6.42 Å². The van der Waals surface area contributed by atoms with Crippen LogP contribution in [0.1, 0.15) is 34.8 Å². The molecule has 1 heterocycles. The topological polar surface area (TPSA) is 74.3 Å². The first kappa shape index (κ1) is 29.2. The number of phenolic OH excluding ortho intramolecular Hbond substituents is 1. The molecule has 1 aliphatic heterocycles. The molecule has 40 heavy (non-hydrogen) atoms. The molecule has 7 nitrogen and oxygen atoms in total. The minimum Gasteiger partial charge on any atom is -0.502 e. The smallest absolute Gasteiger partial charge is 0.254 e. The number of aromatic hydroxyl groups is 1. The minimum absolute atomic E-state index is 0.114. The predicted octanol–water partition coefficient (Wildman–Crippen LogP) is 4.86. The van der Waals surface area contributed by atoms with Crippen molar-refractivity contribution in [2.75, 3.05) is 53.5 Å². The molecule has 0 spiro atoms. The molecule has 1 amide bonds. The van der Waals surface area contributed by atoms with Crippen molar-refractivity contribution >= 4 is 12.0 Å². The molecule has 0 saturated carbocycles. The van der Waals surface area contributed by atoms with Crippen molar-refractivity contribution in [1.82, 2.24) is 15.1 Å². The fourth-order valence-corrected chi connectivity index (χ4v) is 5.25. The first-order valence-electron chi connectivity index (χ1n) is 13.9. The second-order valence-electron chi connectivity index (χ2n) is 10.4. The van der Waals surface area contributed by atoms with Crippen molar-refractivity contribution in [2.45, 2.75) is 25.8 Å². The van der Waals surface area contributed by atoms with Crippen LogP contribution in [0.4, 0.5) is 0 Å². The predicted molar refractivity (Wildman–Crippen MR) is 160 cm³/mol. The third-order valence-electron chi connectivity index (χ3n) is 7.23. The lowest BCUT2D eigenvalue weighted by atomic mass is 10.0. The zero-order valence-corrected chi connectivity index (χ0v) is 23.8. The summed E-state index contributed by atoms with van der Waals surface area (Å²) in [7, 11) is 2.93. The molecule has 7 heteroatoms. The third-order valence-corrected chi connectivity index (χ3v) is 7.23. The second-order valence-corrected chi connectivity index (χ2v) is 10.4. The normalized spacial score (nSPS) is 16.0. The fourth-order valence-electron chi connectivity index (χ4n) is 5.25. The van der Waals surface area contributed by atoms with Gasteiger partial charge < -0.3 is 29.7 Å². The standard InChI is InChI=1S/C33H41N3O4/c1-25(19-26-11-6-4-7-12-26)23-36(33(38)28-21-30(39-2)32(37)31(22-28)40-3)17-10-16-35-18-15-34-29(24-35)20-27-13-8-5-9-14-27/h4-9,11-14,19,21-22,29,34,37H,10,15-18,20,23-24H2,1-3H3/b25-19+. The SMILES string of the molecule is COc1cc(C(=O)N(CCCN2CCNC(Cc3ccccc3)C2)C/C(C)=C/c2ccccc2)cc(OC)c1O. The molecule has 1 aliphatic rings. The van der Waals surface area contributed by atoms with Gasteiger partial charge in [-0.2, -0.15) is 0 Å². The minimum atomic E-state index is -0.125. The quantitative estimate of drug-likeness (QED) is 0.340. The first-order chi connectivity index (χ1) is 19.5. The first-order valence-corrected chi connectivity index (χ1v) is 13.9. The summed E-state index contributed by atoms with van der Waals surface area (Å²) < 4.78 is 10.6. The summed E-state index contributed by atoms with van der Waals surface area (Å²) in [6.45, 7) is 7.03. The van der Waals surface area contributed by atoms with Crippen LogP contribution in [0.2, 0.25) is 0 Å². The Labute approximate surface area is 238 Å². The molecule has 1 saturated heterocycles. The van der Waals surface area contributed by atoms with E-state index in [-0.39, 0.29) is 23.2 Å².